The molecular formula is C20H28ClFN6O2. The number of nitrogens with zero attached hydrogens (tertiary/aromatic N) is 5. The summed E-state index contributed by atoms with van der Waals surface area (Å²) < 4.78 is 21.8. The summed E-state index contributed by atoms with van der Waals surface area (Å²) >= 11 is 6.03. The average molecular weight is 439 g/mol. The third-order valence-electron chi connectivity index (χ3n) is 4.60. The Morgan fingerprint density at radius 1 is 1.40 bits per heavy atom. The molecule has 1 aliphatic rings. The molecule has 1 saturated heterocycles. The number of anilines is 1. The molecule has 2 atom stereocenters. The summed E-state index contributed by atoms with van der Waals surface area (Å²) in [5.74, 6) is 0. The number of carbonyl (C=O) groups excluding carboxylic acids is 1. The van der Waals surface area contributed by atoms with Crippen molar-refractivity contribution in [1.82, 2.24) is 24.9 Å². The lowest BCUT2D eigenvalue weighted by atomic mass is 10.0. The second-order valence-electron chi connectivity index (χ2n) is 8.73. The fraction of sp³-hybridized carbons (Fsp3) is 0.600. The van der Waals surface area contributed by atoms with Gasteiger partial charge in [-0.15, -0.1) is 5.10 Å². The zero-order chi connectivity index (χ0) is 22.1. The van der Waals surface area contributed by atoms with Crippen LogP contribution in [0.5, 0.6) is 0 Å². The molecule has 3 heterocycles. The highest BCUT2D eigenvalue weighted by molar-refractivity contribution is 6.29. The number of likely N-dealkylation sites (tertiary alicyclic amines) is 1. The van der Waals surface area contributed by atoms with Crippen LogP contribution >= 0.6 is 11.6 Å². The van der Waals surface area contributed by atoms with Crippen LogP contribution in [0.15, 0.2) is 18.5 Å². The summed E-state index contributed by atoms with van der Waals surface area (Å²) in [4.78, 5) is 17.8. The van der Waals surface area contributed by atoms with Gasteiger partial charge in [-0.2, -0.15) is 0 Å². The number of halogens is 2. The van der Waals surface area contributed by atoms with E-state index in [4.69, 9.17) is 16.3 Å². The largest absolute Gasteiger partial charge is 0.444 e. The number of nitrogens with one attached hydrogen (secondary N) is 1. The lowest BCUT2D eigenvalue weighted by molar-refractivity contribution is 0.00562. The predicted molar refractivity (Wildman–Crippen MR) is 113 cm³/mol. The van der Waals surface area contributed by atoms with E-state index in [-0.39, 0.29) is 12.6 Å². The molecule has 1 aliphatic heterocycles. The van der Waals surface area contributed by atoms with Crippen LogP contribution in [0.1, 0.15) is 47.1 Å². The Hall–Kier alpha value is -2.42. The fourth-order valence-corrected chi connectivity index (χ4v) is 3.47. The summed E-state index contributed by atoms with van der Waals surface area (Å²) in [6.07, 6.45) is 1.96. The molecule has 2 aromatic heterocycles. The molecule has 8 nitrogen and oxygen atoms in total. The molecule has 0 radical (unpaired) electrons. The maximum atomic E-state index is 14.9. The summed E-state index contributed by atoms with van der Waals surface area (Å²) in [6, 6.07) is 1.41. The van der Waals surface area contributed by atoms with Gasteiger partial charge in [-0.25, -0.2) is 18.9 Å². The van der Waals surface area contributed by atoms with Crippen LogP contribution in [0.4, 0.5) is 14.9 Å². The molecule has 30 heavy (non-hydrogen) atoms. The van der Waals surface area contributed by atoms with Crippen LogP contribution in [0.3, 0.4) is 0 Å². The Morgan fingerprint density at radius 2 is 2.13 bits per heavy atom. The minimum absolute atomic E-state index is 0.0442. The quantitative estimate of drug-likeness (QED) is 0.715. The second-order valence-corrected chi connectivity index (χ2v) is 9.12. The number of piperidine rings is 1. The van der Waals surface area contributed by atoms with Crippen LogP contribution in [0.2, 0.25) is 5.15 Å². The average Bonchev–Trinajstić information content (AvgIpc) is 3.09. The zero-order valence-electron chi connectivity index (χ0n) is 17.9. The van der Waals surface area contributed by atoms with Crippen molar-refractivity contribution in [3.63, 3.8) is 0 Å². The molecular weight excluding hydrogens is 411 g/mol. The van der Waals surface area contributed by atoms with E-state index in [9.17, 15) is 9.18 Å². The number of aromatic nitrogens is 4. The van der Waals surface area contributed by atoms with Crippen molar-refractivity contribution in [2.75, 3.05) is 18.4 Å². The molecule has 2 aromatic rings. The molecule has 10 heteroatoms. The first kappa shape index (κ1) is 22.3. The molecule has 2 unspecified atom stereocenters. The van der Waals surface area contributed by atoms with Gasteiger partial charge in [0, 0.05) is 30.0 Å². The van der Waals surface area contributed by atoms with Crippen molar-refractivity contribution in [3.8, 4) is 11.3 Å². The van der Waals surface area contributed by atoms with Crippen LogP contribution in [-0.4, -0.2) is 61.9 Å². The van der Waals surface area contributed by atoms with Gasteiger partial charge in [-0.05, 0) is 47.1 Å². The smallest absolute Gasteiger partial charge is 0.410 e. The van der Waals surface area contributed by atoms with Crippen molar-refractivity contribution in [3.05, 3.63) is 23.6 Å². The molecule has 0 aromatic carbocycles. The minimum Gasteiger partial charge on any atom is -0.444 e. The molecule has 1 fully saturated rings. The van der Waals surface area contributed by atoms with E-state index >= 15 is 0 Å². The first-order valence-electron chi connectivity index (χ1n) is 10.00. The normalized spacial score (nSPS) is 19.8. The van der Waals surface area contributed by atoms with Gasteiger partial charge in [-0.3, -0.25) is 0 Å². The Bertz CT molecular complexity index is 898. The Kier molecular flexibility index (Phi) is 6.50. The maximum Gasteiger partial charge on any atom is 0.410 e. The highest BCUT2D eigenvalue weighted by Crippen LogP contribution is 2.31. The third-order valence-corrected chi connectivity index (χ3v) is 4.81. The number of hydrogen-bond acceptors (Lipinski definition) is 6. The van der Waals surface area contributed by atoms with E-state index in [1.807, 2.05) is 13.8 Å². The molecule has 0 saturated carbocycles. The first-order chi connectivity index (χ1) is 14.0. The number of pyridine rings is 1. The minimum atomic E-state index is -1.28. The Balaban J connectivity index is 1.74. The second kappa shape index (κ2) is 8.75. The molecule has 0 aliphatic carbocycles. The lowest BCUT2D eigenvalue weighted by Crippen LogP contribution is -2.47. The predicted octanol–water partition coefficient (Wildman–Crippen LogP) is 4.33. The van der Waals surface area contributed by atoms with Crippen LogP contribution in [0.25, 0.3) is 11.3 Å². The number of carbonyl (C=O) groups is 1. The standard InChI is InChI=1S/C20H28ClFN6O2/c1-12(2)24-15-8-18(21)23-9-13(15)16-11-28(26-25-16)17-6-7-27(10-14(17)22)19(29)30-20(3,4)5/h8-9,11-12,14,17H,6-7,10H2,1-5H3,(H,23,24). The van der Waals surface area contributed by atoms with E-state index in [1.165, 1.54) is 9.58 Å². The topological polar surface area (TPSA) is 85.2 Å². The van der Waals surface area contributed by atoms with E-state index < -0.39 is 23.9 Å². The molecule has 164 valence electrons. The Labute approximate surface area is 180 Å². The highest BCUT2D eigenvalue weighted by Gasteiger charge is 2.35. The van der Waals surface area contributed by atoms with Gasteiger partial charge < -0.3 is 15.0 Å². The van der Waals surface area contributed by atoms with Crippen molar-refractivity contribution < 1.29 is 13.9 Å². The monoisotopic (exact) mass is 438 g/mol. The van der Waals surface area contributed by atoms with Crippen molar-refractivity contribution in [1.29, 1.82) is 0 Å². The molecule has 3 rings (SSSR count). The van der Waals surface area contributed by atoms with E-state index in [2.05, 4.69) is 20.6 Å². The number of amides is 1. The van der Waals surface area contributed by atoms with E-state index in [0.29, 0.717) is 23.8 Å². The van der Waals surface area contributed by atoms with Crippen LogP contribution < -0.4 is 5.32 Å². The lowest BCUT2D eigenvalue weighted by Gasteiger charge is -2.35. The fourth-order valence-electron chi connectivity index (χ4n) is 3.31. The van der Waals surface area contributed by atoms with Crippen LogP contribution in [-0.2, 0) is 4.74 Å². The van der Waals surface area contributed by atoms with Crippen molar-refractivity contribution in [2.24, 2.45) is 0 Å². The number of alkyl halides is 1. The number of rotatable bonds is 4. The van der Waals surface area contributed by atoms with E-state index in [0.717, 1.165) is 11.3 Å². The van der Waals surface area contributed by atoms with Gasteiger partial charge in [0.1, 0.15) is 22.6 Å². The van der Waals surface area contributed by atoms with Crippen molar-refractivity contribution in [2.45, 2.75) is 64.9 Å². The maximum absolute atomic E-state index is 14.9. The third kappa shape index (κ3) is 5.38. The summed E-state index contributed by atoms with van der Waals surface area (Å²) in [5.41, 5.74) is 1.48. The van der Waals surface area contributed by atoms with Gasteiger partial charge in [0.15, 0.2) is 0 Å². The van der Waals surface area contributed by atoms with Crippen molar-refractivity contribution >= 4 is 23.4 Å². The van der Waals surface area contributed by atoms with E-state index in [1.54, 1.807) is 39.2 Å². The zero-order valence-corrected chi connectivity index (χ0v) is 18.6. The van der Waals surface area contributed by atoms with Gasteiger partial charge in [-0.1, -0.05) is 16.8 Å². The van der Waals surface area contributed by atoms with Gasteiger partial charge in [0.05, 0.1) is 18.8 Å². The molecule has 0 spiro atoms. The molecule has 1 amide bonds. The Morgan fingerprint density at radius 3 is 2.77 bits per heavy atom. The van der Waals surface area contributed by atoms with Gasteiger partial charge in [0.2, 0.25) is 0 Å². The molecule has 1 N–H and O–H groups in total. The number of ether oxygens (including phenoxy) is 1. The number of hydrogen-bond donors (Lipinski definition) is 1. The first-order valence-corrected chi connectivity index (χ1v) is 10.4. The van der Waals surface area contributed by atoms with Crippen LogP contribution in [0, 0.1) is 0 Å². The summed E-state index contributed by atoms with van der Waals surface area (Å²) in [5, 5.41) is 12.0. The van der Waals surface area contributed by atoms with Gasteiger partial charge in [0.25, 0.3) is 0 Å². The summed E-state index contributed by atoms with van der Waals surface area (Å²) in [7, 11) is 0. The summed E-state index contributed by atoms with van der Waals surface area (Å²) in [6.45, 7) is 9.73. The van der Waals surface area contributed by atoms with Gasteiger partial charge >= 0.3 is 6.09 Å². The highest BCUT2D eigenvalue weighted by atomic mass is 35.5. The SMILES string of the molecule is CC(C)Nc1cc(Cl)ncc1-c1cn(C2CCN(C(=O)OC(C)(C)C)CC2F)nn1. The molecule has 0 bridgehead atoms.